The highest BCUT2D eigenvalue weighted by molar-refractivity contribution is 6.29. The lowest BCUT2D eigenvalue weighted by Gasteiger charge is -2.18. The highest BCUT2D eigenvalue weighted by atomic mass is 35.5. The molecule has 0 bridgehead atoms. The predicted molar refractivity (Wildman–Crippen MR) is 79.6 cm³/mol. The standard InChI is InChI=1S/C15H23ClN2O/c1-5-6-12-9-11(10-13(16)18-12)14(19)17-8-7-15(2,3)4/h9-10H,5-8H2,1-4H3,(H,17,19). The first-order valence-corrected chi connectivity index (χ1v) is 7.14. The van der Waals surface area contributed by atoms with Gasteiger partial charge in [0.15, 0.2) is 0 Å². The van der Waals surface area contributed by atoms with E-state index in [1.165, 1.54) is 0 Å². The Hall–Kier alpha value is -1.09. The summed E-state index contributed by atoms with van der Waals surface area (Å²) in [6.45, 7) is 9.21. The fraction of sp³-hybridized carbons (Fsp3) is 0.600. The summed E-state index contributed by atoms with van der Waals surface area (Å²) in [6, 6.07) is 3.44. The molecule has 0 saturated carbocycles. The van der Waals surface area contributed by atoms with Crippen molar-refractivity contribution in [1.29, 1.82) is 0 Å². The molecule has 0 aliphatic rings. The number of aryl methyl sites for hydroxylation is 1. The Morgan fingerprint density at radius 1 is 1.37 bits per heavy atom. The summed E-state index contributed by atoms with van der Waals surface area (Å²) in [6.07, 6.45) is 2.76. The third-order valence-electron chi connectivity index (χ3n) is 2.78. The lowest BCUT2D eigenvalue weighted by Crippen LogP contribution is -2.27. The molecule has 106 valence electrons. The Kier molecular flexibility index (Phi) is 5.80. The zero-order valence-corrected chi connectivity index (χ0v) is 13.0. The van der Waals surface area contributed by atoms with E-state index in [0.29, 0.717) is 17.3 Å². The van der Waals surface area contributed by atoms with E-state index in [4.69, 9.17) is 11.6 Å². The summed E-state index contributed by atoms with van der Waals surface area (Å²) in [5, 5.41) is 3.31. The minimum Gasteiger partial charge on any atom is -0.352 e. The molecule has 3 nitrogen and oxygen atoms in total. The molecule has 1 heterocycles. The van der Waals surface area contributed by atoms with Crippen molar-refractivity contribution in [3.05, 3.63) is 28.5 Å². The van der Waals surface area contributed by atoms with E-state index in [9.17, 15) is 4.79 Å². The molecule has 19 heavy (non-hydrogen) atoms. The number of rotatable bonds is 5. The first kappa shape index (κ1) is 16.0. The van der Waals surface area contributed by atoms with Crippen LogP contribution in [-0.4, -0.2) is 17.4 Å². The van der Waals surface area contributed by atoms with Crippen molar-refractivity contribution in [2.75, 3.05) is 6.54 Å². The summed E-state index contributed by atoms with van der Waals surface area (Å²) in [5.74, 6) is -0.0779. The Bertz CT molecular complexity index is 438. The number of carbonyl (C=O) groups excluding carboxylic acids is 1. The van der Waals surface area contributed by atoms with Crippen LogP contribution in [0.1, 0.15) is 56.6 Å². The van der Waals surface area contributed by atoms with Crippen LogP contribution in [0.3, 0.4) is 0 Å². The number of hydrogen-bond donors (Lipinski definition) is 1. The molecule has 1 rings (SSSR count). The molecule has 1 N–H and O–H groups in total. The van der Waals surface area contributed by atoms with Gasteiger partial charge in [-0.3, -0.25) is 4.79 Å². The van der Waals surface area contributed by atoms with Crippen molar-refractivity contribution in [3.63, 3.8) is 0 Å². The molecule has 0 atom stereocenters. The molecular weight excluding hydrogens is 260 g/mol. The molecule has 0 saturated heterocycles. The van der Waals surface area contributed by atoms with E-state index >= 15 is 0 Å². The monoisotopic (exact) mass is 282 g/mol. The van der Waals surface area contributed by atoms with Crippen LogP contribution >= 0.6 is 11.6 Å². The number of pyridine rings is 1. The zero-order chi connectivity index (χ0) is 14.5. The first-order valence-electron chi connectivity index (χ1n) is 6.76. The quantitative estimate of drug-likeness (QED) is 0.834. The van der Waals surface area contributed by atoms with E-state index in [1.54, 1.807) is 6.07 Å². The van der Waals surface area contributed by atoms with Gasteiger partial charge in [-0.2, -0.15) is 0 Å². The zero-order valence-electron chi connectivity index (χ0n) is 12.2. The van der Waals surface area contributed by atoms with Gasteiger partial charge in [0.05, 0.1) is 0 Å². The Balaban J connectivity index is 2.66. The second-order valence-corrected chi connectivity index (χ2v) is 6.37. The van der Waals surface area contributed by atoms with Crippen LogP contribution in [0.2, 0.25) is 5.15 Å². The van der Waals surface area contributed by atoms with E-state index in [0.717, 1.165) is 25.0 Å². The van der Waals surface area contributed by atoms with Crippen molar-refractivity contribution < 1.29 is 4.79 Å². The number of aromatic nitrogens is 1. The highest BCUT2D eigenvalue weighted by Gasteiger charge is 2.12. The number of carbonyl (C=O) groups is 1. The Morgan fingerprint density at radius 3 is 2.63 bits per heavy atom. The molecular formula is C15H23ClN2O. The molecule has 1 aromatic rings. The molecule has 1 amide bonds. The van der Waals surface area contributed by atoms with Crippen LogP contribution in [0.25, 0.3) is 0 Å². The fourth-order valence-electron chi connectivity index (χ4n) is 1.72. The van der Waals surface area contributed by atoms with Gasteiger partial charge >= 0.3 is 0 Å². The van der Waals surface area contributed by atoms with Gasteiger partial charge in [-0.05, 0) is 30.4 Å². The van der Waals surface area contributed by atoms with Crippen molar-refractivity contribution >= 4 is 17.5 Å². The van der Waals surface area contributed by atoms with E-state index in [-0.39, 0.29) is 11.3 Å². The van der Waals surface area contributed by atoms with Crippen LogP contribution in [-0.2, 0) is 6.42 Å². The number of nitrogens with one attached hydrogen (secondary N) is 1. The van der Waals surface area contributed by atoms with Gasteiger partial charge < -0.3 is 5.32 Å². The van der Waals surface area contributed by atoms with Crippen LogP contribution in [0.15, 0.2) is 12.1 Å². The first-order chi connectivity index (χ1) is 8.81. The second-order valence-electron chi connectivity index (χ2n) is 5.99. The van der Waals surface area contributed by atoms with Crippen LogP contribution in [0.5, 0.6) is 0 Å². The number of halogens is 1. The summed E-state index contributed by atoms with van der Waals surface area (Å²) < 4.78 is 0. The van der Waals surface area contributed by atoms with Gasteiger partial charge in [0.25, 0.3) is 5.91 Å². The molecule has 0 fully saturated rings. The van der Waals surface area contributed by atoms with Crippen molar-refractivity contribution in [2.24, 2.45) is 5.41 Å². The van der Waals surface area contributed by atoms with Gasteiger partial charge in [0.1, 0.15) is 5.15 Å². The smallest absolute Gasteiger partial charge is 0.251 e. The Morgan fingerprint density at radius 2 is 2.05 bits per heavy atom. The van der Waals surface area contributed by atoms with E-state index < -0.39 is 0 Å². The van der Waals surface area contributed by atoms with Gasteiger partial charge in [-0.1, -0.05) is 45.7 Å². The SMILES string of the molecule is CCCc1cc(C(=O)NCCC(C)(C)C)cc(Cl)n1. The summed E-state index contributed by atoms with van der Waals surface area (Å²) in [5.41, 5.74) is 1.68. The lowest BCUT2D eigenvalue weighted by atomic mass is 9.92. The maximum Gasteiger partial charge on any atom is 0.251 e. The lowest BCUT2D eigenvalue weighted by molar-refractivity contribution is 0.0949. The fourth-order valence-corrected chi connectivity index (χ4v) is 1.95. The summed E-state index contributed by atoms with van der Waals surface area (Å²) in [7, 11) is 0. The van der Waals surface area contributed by atoms with Gasteiger partial charge in [-0.25, -0.2) is 4.98 Å². The highest BCUT2D eigenvalue weighted by Crippen LogP contribution is 2.17. The maximum absolute atomic E-state index is 12.0. The minimum absolute atomic E-state index is 0.0779. The van der Waals surface area contributed by atoms with Crippen molar-refractivity contribution in [2.45, 2.75) is 47.0 Å². The molecule has 0 aliphatic heterocycles. The third-order valence-corrected chi connectivity index (χ3v) is 2.97. The average Bonchev–Trinajstić information content (AvgIpc) is 2.26. The molecule has 0 aromatic carbocycles. The van der Waals surface area contributed by atoms with Crippen LogP contribution in [0, 0.1) is 5.41 Å². The molecule has 0 radical (unpaired) electrons. The second kappa shape index (κ2) is 6.90. The number of amides is 1. The molecule has 0 aliphatic carbocycles. The van der Waals surface area contributed by atoms with Gasteiger partial charge in [0, 0.05) is 17.8 Å². The molecule has 0 spiro atoms. The number of hydrogen-bond acceptors (Lipinski definition) is 2. The van der Waals surface area contributed by atoms with Gasteiger partial charge in [-0.15, -0.1) is 0 Å². The predicted octanol–water partition coefficient (Wildman–Crippen LogP) is 3.85. The average molecular weight is 283 g/mol. The summed E-state index contributed by atoms with van der Waals surface area (Å²) in [4.78, 5) is 16.3. The molecule has 0 unspecified atom stereocenters. The van der Waals surface area contributed by atoms with Crippen LogP contribution in [0.4, 0.5) is 0 Å². The minimum atomic E-state index is -0.0779. The van der Waals surface area contributed by atoms with Crippen LogP contribution < -0.4 is 5.32 Å². The number of nitrogens with zero attached hydrogens (tertiary/aromatic N) is 1. The van der Waals surface area contributed by atoms with E-state index in [1.807, 2.05) is 6.07 Å². The normalized spacial score (nSPS) is 11.4. The molecule has 4 heteroatoms. The maximum atomic E-state index is 12.0. The Labute approximate surface area is 120 Å². The van der Waals surface area contributed by atoms with E-state index in [2.05, 4.69) is 38.0 Å². The summed E-state index contributed by atoms with van der Waals surface area (Å²) >= 11 is 5.95. The van der Waals surface area contributed by atoms with Crippen molar-refractivity contribution in [3.8, 4) is 0 Å². The molecule has 1 aromatic heterocycles. The topological polar surface area (TPSA) is 42.0 Å². The van der Waals surface area contributed by atoms with Gasteiger partial charge in [0.2, 0.25) is 0 Å². The van der Waals surface area contributed by atoms with Crippen molar-refractivity contribution in [1.82, 2.24) is 10.3 Å². The largest absolute Gasteiger partial charge is 0.352 e. The third kappa shape index (κ3) is 6.06.